The summed E-state index contributed by atoms with van der Waals surface area (Å²) in [5.74, 6) is -1.84. The van der Waals surface area contributed by atoms with Crippen molar-refractivity contribution < 1.29 is 32.2 Å². The maximum absolute atomic E-state index is 13.6. The number of rotatable bonds is 7. The number of halogens is 5. The van der Waals surface area contributed by atoms with E-state index in [2.05, 4.69) is 20.7 Å². The number of aromatic nitrogens is 3. The van der Waals surface area contributed by atoms with Crippen LogP contribution in [0.2, 0.25) is 10.0 Å². The summed E-state index contributed by atoms with van der Waals surface area (Å²) in [5.41, 5.74) is -2.01. The number of amides is 2. The van der Waals surface area contributed by atoms with Crippen molar-refractivity contribution in [2.24, 2.45) is 0 Å². The van der Waals surface area contributed by atoms with Crippen LogP contribution in [0.5, 0.6) is 0 Å². The molecule has 3 heterocycles. The van der Waals surface area contributed by atoms with E-state index in [-0.39, 0.29) is 39.8 Å². The van der Waals surface area contributed by atoms with Crippen LogP contribution in [0.15, 0.2) is 54.7 Å². The molecule has 1 aliphatic heterocycles. The SMILES string of the molecule is CCC1COC(CNC(=O)c2cc3ccccc3c(Cl)c2NC(=O)c2cc(C(F)(F)F)nn2-c2ncccc2Cl)O1. The molecule has 5 rings (SSSR count). The second kappa shape index (κ2) is 11.6. The van der Waals surface area contributed by atoms with Crippen LogP contribution >= 0.6 is 23.2 Å². The molecule has 0 spiro atoms. The second-order valence-electron chi connectivity index (χ2n) is 9.06. The molecular formula is C27H22Cl2F3N5O4. The molecule has 1 fully saturated rings. The summed E-state index contributed by atoms with van der Waals surface area (Å²) in [5, 5.41) is 9.84. The lowest BCUT2D eigenvalue weighted by atomic mass is 10.0. The summed E-state index contributed by atoms with van der Waals surface area (Å²) in [7, 11) is 0. The van der Waals surface area contributed by atoms with E-state index in [0.717, 1.165) is 6.42 Å². The van der Waals surface area contributed by atoms with Crippen molar-refractivity contribution in [2.45, 2.75) is 31.9 Å². The Hall–Kier alpha value is -3.71. The summed E-state index contributed by atoms with van der Waals surface area (Å²) in [6, 6.07) is 11.8. The molecule has 0 radical (unpaired) electrons. The normalized spacial score (nSPS) is 17.1. The molecule has 0 bridgehead atoms. The zero-order chi connectivity index (χ0) is 29.3. The maximum Gasteiger partial charge on any atom is 0.435 e. The van der Waals surface area contributed by atoms with Crippen molar-refractivity contribution in [2.75, 3.05) is 18.5 Å². The minimum atomic E-state index is -4.87. The van der Waals surface area contributed by atoms with E-state index in [1.165, 1.54) is 24.4 Å². The number of hydrogen-bond donors (Lipinski definition) is 2. The van der Waals surface area contributed by atoms with E-state index in [1.54, 1.807) is 24.3 Å². The van der Waals surface area contributed by atoms with Gasteiger partial charge in [-0.05, 0) is 30.0 Å². The van der Waals surface area contributed by atoms with Gasteiger partial charge in [0.1, 0.15) is 5.69 Å². The number of benzene rings is 2. The van der Waals surface area contributed by atoms with Gasteiger partial charge in [-0.2, -0.15) is 18.3 Å². The highest BCUT2D eigenvalue weighted by atomic mass is 35.5. The molecule has 2 aromatic heterocycles. The van der Waals surface area contributed by atoms with Crippen molar-refractivity contribution in [1.29, 1.82) is 0 Å². The first-order valence-electron chi connectivity index (χ1n) is 12.4. The molecule has 2 N–H and O–H groups in total. The number of ether oxygens (including phenoxy) is 2. The lowest BCUT2D eigenvalue weighted by Crippen LogP contribution is -2.33. The average Bonchev–Trinajstić information content (AvgIpc) is 3.61. The fourth-order valence-electron chi connectivity index (χ4n) is 4.26. The third-order valence-corrected chi connectivity index (χ3v) is 7.03. The minimum Gasteiger partial charge on any atom is -0.348 e. The molecule has 14 heteroatoms. The van der Waals surface area contributed by atoms with Crippen LogP contribution in [0.4, 0.5) is 18.9 Å². The van der Waals surface area contributed by atoms with Gasteiger partial charge in [0.2, 0.25) is 0 Å². The molecule has 2 aromatic carbocycles. The third kappa shape index (κ3) is 6.01. The number of alkyl halides is 3. The summed E-state index contributed by atoms with van der Waals surface area (Å²) in [4.78, 5) is 30.8. The zero-order valence-electron chi connectivity index (χ0n) is 21.3. The first kappa shape index (κ1) is 28.8. The third-order valence-electron chi connectivity index (χ3n) is 6.34. The van der Waals surface area contributed by atoms with Crippen LogP contribution in [-0.2, 0) is 15.7 Å². The molecule has 2 atom stereocenters. The van der Waals surface area contributed by atoms with E-state index in [1.807, 2.05) is 6.92 Å². The Morgan fingerprint density at radius 2 is 1.90 bits per heavy atom. The molecule has 1 aliphatic rings. The van der Waals surface area contributed by atoms with Crippen LogP contribution in [0, 0.1) is 0 Å². The van der Waals surface area contributed by atoms with E-state index in [0.29, 0.717) is 28.1 Å². The molecule has 0 saturated carbocycles. The number of hydrogen-bond acceptors (Lipinski definition) is 6. The van der Waals surface area contributed by atoms with Gasteiger partial charge in [0.05, 0.1) is 40.6 Å². The standard InChI is InChI=1S/C27H22Cl2F3N5O4/c1-2-15-13-40-21(41-15)12-34-25(38)17-10-14-6-3-4-7-16(14)22(29)23(17)35-26(39)19-11-20(27(30,31)32)36-37(19)24-18(28)8-5-9-33-24/h3-11,15,21H,2,12-13H2,1H3,(H,34,38)(H,35,39). The lowest BCUT2D eigenvalue weighted by Gasteiger charge is -2.17. The van der Waals surface area contributed by atoms with Gasteiger partial charge in [0.15, 0.2) is 17.8 Å². The van der Waals surface area contributed by atoms with Gasteiger partial charge in [0, 0.05) is 17.6 Å². The fraction of sp³-hybridized carbons (Fsp3) is 0.259. The number of carbonyl (C=O) groups excluding carboxylic acids is 2. The number of fused-ring (bicyclic) bond motifs is 1. The average molecular weight is 608 g/mol. The Kier molecular flexibility index (Phi) is 8.18. The Balaban J connectivity index is 1.52. The van der Waals surface area contributed by atoms with Crippen LogP contribution in [-0.4, -0.2) is 52.1 Å². The molecule has 2 amide bonds. The minimum absolute atomic E-state index is 0.0130. The van der Waals surface area contributed by atoms with Crippen LogP contribution in [0.3, 0.4) is 0 Å². The van der Waals surface area contributed by atoms with E-state index < -0.39 is 35.7 Å². The number of nitrogens with one attached hydrogen (secondary N) is 2. The first-order valence-corrected chi connectivity index (χ1v) is 13.2. The Bertz CT molecular complexity index is 1630. The molecule has 41 heavy (non-hydrogen) atoms. The smallest absolute Gasteiger partial charge is 0.348 e. The zero-order valence-corrected chi connectivity index (χ0v) is 22.8. The van der Waals surface area contributed by atoms with Crippen molar-refractivity contribution in [3.63, 3.8) is 0 Å². The van der Waals surface area contributed by atoms with Gasteiger partial charge >= 0.3 is 6.18 Å². The number of anilines is 1. The van der Waals surface area contributed by atoms with Gasteiger partial charge in [0.25, 0.3) is 11.8 Å². The quantitative estimate of drug-likeness (QED) is 0.272. The van der Waals surface area contributed by atoms with E-state index in [9.17, 15) is 22.8 Å². The molecule has 0 aliphatic carbocycles. The summed E-state index contributed by atoms with van der Waals surface area (Å²) >= 11 is 12.8. The first-order chi connectivity index (χ1) is 19.6. The molecule has 2 unspecified atom stereocenters. The molecule has 214 valence electrons. The predicted octanol–water partition coefficient (Wildman–Crippen LogP) is 5.88. The highest BCUT2D eigenvalue weighted by Gasteiger charge is 2.37. The van der Waals surface area contributed by atoms with Gasteiger partial charge in [-0.1, -0.05) is 54.4 Å². The van der Waals surface area contributed by atoms with Gasteiger partial charge in [-0.3, -0.25) is 9.59 Å². The highest BCUT2D eigenvalue weighted by Crippen LogP contribution is 2.36. The summed E-state index contributed by atoms with van der Waals surface area (Å²) < 4.78 is 52.7. The Morgan fingerprint density at radius 3 is 2.61 bits per heavy atom. The topological polar surface area (TPSA) is 107 Å². The molecule has 4 aromatic rings. The van der Waals surface area contributed by atoms with Crippen LogP contribution in [0.1, 0.15) is 39.9 Å². The maximum atomic E-state index is 13.6. The lowest BCUT2D eigenvalue weighted by molar-refractivity contribution is -0.141. The largest absolute Gasteiger partial charge is 0.435 e. The van der Waals surface area contributed by atoms with Crippen molar-refractivity contribution in [3.8, 4) is 5.82 Å². The second-order valence-corrected chi connectivity index (χ2v) is 9.85. The molecule has 1 saturated heterocycles. The number of carbonyl (C=O) groups is 2. The number of pyridine rings is 1. The summed E-state index contributed by atoms with van der Waals surface area (Å²) in [6.07, 6.45) is -3.57. The van der Waals surface area contributed by atoms with Gasteiger partial charge in [-0.25, -0.2) is 9.67 Å². The summed E-state index contributed by atoms with van der Waals surface area (Å²) in [6.45, 7) is 2.37. The van der Waals surface area contributed by atoms with E-state index in [4.69, 9.17) is 32.7 Å². The van der Waals surface area contributed by atoms with Crippen molar-refractivity contribution >= 4 is 51.5 Å². The van der Waals surface area contributed by atoms with Gasteiger partial charge in [-0.15, -0.1) is 0 Å². The predicted molar refractivity (Wildman–Crippen MR) is 146 cm³/mol. The van der Waals surface area contributed by atoms with Crippen molar-refractivity contribution in [3.05, 3.63) is 81.7 Å². The highest BCUT2D eigenvalue weighted by molar-refractivity contribution is 6.40. The monoisotopic (exact) mass is 607 g/mol. The Morgan fingerprint density at radius 1 is 1.12 bits per heavy atom. The van der Waals surface area contributed by atoms with E-state index >= 15 is 0 Å². The van der Waals surface area contributed by atoms with Crippen LogP contribution in [0.25, 0.3) is 16.6 Å². The fourth-order valence-corrected chi connectivity index (χ4v) is 4.78. The van der Waals surface area contributed by atoms with Crippen LogP contribution < -0.4 is 10.6 Å². The number of nitrogens with zero attached hydrogens (tertiary/aromatic N) is 3. The van der Waals surface area contributed by atoms with Crippen molar-refractivity contribution in [1.82, 2.24) is 20.1 Å². The molecular weight excluding hydrogens is 586 g/mol. The molecule has 9 nitrogen and oxygen atoms in total. The Labute approximate surface area is 241 Å². The van der Waals surface area contributed by atoms with Gasteiger partial charge < -0.3 is 20.1 Å².